The summed E-state index contributed by atoms with van der Waals surface area (Å²) in [6, 6.07) is 8.01. The second-order valence-electron chi connectivity index (χ2n) is 6.91. The van der Waals surface area contributed by atoms with Crippen molar-refractivity contribution in [1.82, 2.24) is 29.6 Å². The molecule has 4 heterocycles. The summed E-state index contributed by atoms with van der Waals surface area (Å²) in [6.45, 7) is 3.61. The SMILES string of the molecule is Cc1nn(-c2ccc3nnc(C)n3n2)c2c1C(c1c(F)cccc1Cl)CC(=O)N2. The molecule has 1 aliphatic rings. The molecule has 0 bridgehead atoms. The van der Waals surface area contributed by atoms with Gasteiger partial charge in [0.15, 0.2) is 17.3 Å². The van der Waals surface area contributed by atoms with Gasteiger partial charge in [0.2, 0.25) is 5.91 Å². The van der Waals surface area contributed by atoms with Crippen LogP contribution in [0.3, 0.4) is 0 Å². The Morgan fingerprint density at radius 3 is 2.76 bits per heavy atom. The minimum absolute atomic E-state index is 0.0806. The number of hydrogen-bond acceptors (Lipinski definition) is 5. The molecule has 1 unspecified atom stereocenters. The third kappa shape index (κ3) is 2.69. The minimum Gasteiger partial charge on any atom is -0.310 e. The van der Waals surface area contributed by atoms with E-state index in [9.17, 15) is 9.18 Å². The molecule has 8 nitrogen and oxygen atoms in total. The van der Waals surface area contributed by atoms with Gasteiger partial charge in [0.05, 0.1) is 5.69 Å². The molecule has 1 aromatic carbocycles. The zero-order chi connectivity index (χ0) is 20.3. The Bertz CT molecular complexity index is 1280. The summed E-state index contributed by atoms with van der Waals surface area (Å²) in [5.74, 6) is 0.326. The summed E-state index contributed by atoms with van der Waals surface area (Å²) in [4.78, 5) is 12.5. The van der Waals surface area contributed by atoms with E-state index < -0.39 is 11.7 Å². The number of benzene rings is 1. The maximum atomic E-state index is 14.6. The number of halogens is 2. The van der Waals surface area contributed by atoms with Crippen molar-refractivity contribution in [2.75, 3.05) is 5.32 Å². The zero-order valence-corrected chi connectivity index (χ0v) is 16.3. The van der Waals surface area contributed by atoms with Crippen LogP contribution < -0.4 is 5.32 Å². The highest BCUT2D eigenvalue weighted by atomic mass is 35.5. The third-order valence-corrected chi connectivity index (χ3v) is 5.40. The lowest BCUT2D eigenvalue weighted by molar-refractivity contribution is -0.116. The number of carbonyl (C=O) groups excluding carboxylic acids is 1. The number of anilines is 1. The molecular weight excluding hydrogens is 397 g/mol. The summed E-state index contributed by atoms with van der Waals surface area (Å²) in [6.07, 6.45) is 0.0806. The fourth-order valence-electron chi connectivity index (χ4n) is 3.80. The summed E-state index contributed by atoms with van der Waals surface area (Å²) in [5, 5.41) is 20.3. The van der Waals surface area contributed by atoms with Crippen LogP contribution in [0, 0.1) is 19.7 Å². The van der Waals surface area contributed by atoms with E-state index in [1.807, 2.05) is 6.92 Å². The average molecular weight is 412 g/mol. The summed E-state index contributed by atoms with van der Waals surface area (Å²) in [7, 11) is 0. The number of fused-ring (bicyclic) bond motifs is 2. The highest BCUT2D eigenvalue weighted by Crippen LogP contribution is 2.43. The molecule has 0 saturated carbocycles. The number of nitrogens with one attached hydrogen (secondary N) is 1. The van der Waals surface area contributed by atoms with Crippen LogP contribution in [0.1, 0.15) is 35.0 Å². The molecule has 146 valence electrons. The number of carbonyl (C=O) groups is 1. The van der Waals surface area contributed by atoms with Crippen molar-refractivity contribution < 1.29 is 9.18 Å². The van der Waals surface area contributed by atoms with Crippen molar-refractivity contribution in [2.45, 2.75) is 26.2 Å². The van der Waals surface area contributed by atoms with Gasteiger partial charge in [0.1, 0.15) is 11.6 Å². The maximum Gasteiger partial charge on any atom is 0.226 e. The van der Waals surface area contributed by atoms with Crippen LogP contribution in [0.4, 0.5) is 10.2 Å². The van der Waals surface area contributed by atoms with Gasteiger partial charge in [0.25, 0.3) is 0 Å². The van der Waals surface area contributed by atoms with Crippen molar-refractivity contribution in [2.24, 2.45) is 0 Å². The first-order valence-electron chi connectivity index (χ1n) is 8.96. The normalized spacial score (nSPS) is 16.1. The minimum atomic E-state index is -0.540. The molecule has 0 spiro atoms. The Morgan fingerprint density at radius 1 is 1.14 bits per heavy atom. The summed E-state index contributed by atoms with van der Waals surface area (Å²) in [5.41, 5.74) is 2.28. The van der Waals surface area contributed by atoms with Crippen molar-refractivity contribution in [3.05, 3.63) is 63.8 Å². The first-order chi connectivity index (χ1) is 13.9. The molecule has 1 aliphatic heterocycles. The van der Waals surface area contributed by atoms with Gasteiger partial charge in [-0.05, 0) is 38.1 Å². The first kappa shape index (κ1) is 17.7. The first-order valence-corrected chi connectivity index (χ1v) is 9.34. The maximum absolute atomic E-state index is 14.6. The van der Waals surface area contributed by atoms with Gasteiger partial charge in [-0.25, -0.2) is 4.39 Å². The van der Waals surface area contributed by atoms with E-state index in [4.69, 9.17) is 11.6 Å². The number of hydrogen-bond donors (Lipinski definition) is 1. The van der Waals surface area contributed by atoms with Crippen LogP contribution in [0.25, 0.3) is 11.5 Å². The number of rotatable bonds is 2. The fraction of sp³-hybridized carbons (Fsp3) is 0.211. The highest BCUT2D eigenvalue weighted by molar-refractivity contribution is 6.31. The van der Waals surface area contributed by atoms with Crippen LogP contribution in [0.15, 0.2) is 30.3 Å². The Labute approximate surface area is 169 Å². The molecule has 10 heteroatoms. The number of aryl methyl sites for hydroxylation is 2. The van der Waals surface area contributed by atoms with Crippen LogP contribution in [-0.2, 0) is 4.79 Å². The van der Waals surface area contributed by atoms with E-state index in [1.54, 1.807) is 40.4 Å². The molecule has 4 aromatic rings. The molecule has 1 atom stereocenters. The van der Waals surface area contributed by atoms with Crippen LogP contribution in [0.2, 0.25) is 5.02 Å². The Balaban J connectivity index is 1.72. The topological polar surface area (TPSA) is 90.0 Å². The lowest BCUT2D eigenvalue weighted by Gasteiger charge is -2.25. The number of aromatic nitrogens is 6. The smallest absolute Gasteiger partial charge is 0.226 e. The number of amides is 1. The highest BCUT2D eigenvalue weighted by Gasteiger charge is 2.35. The Morgan fingerprint density at radius 2 is 1.97 bits per heavy atom. The van der Waals surface area contributed by atoms with E-state index in [0.29, 0.717) is 34.4 Å². The second-order valence-corrected chi connectivity index (χ2v) is 7.32. The van der Waals surface area contributed by atoms with E-state index in [1.165, 1.54) is 6.07 Å². The molecule has 0 fully saturated rings. The van der Waals surface area contributed by atoms with Gasteiger partial charge >= 0.3 is 0 Å². The fourth-order valence-corrected chi connectivity index (χ4v) is 4.10. The summed E-state index contributed by atoms with van der Waals surface area (Å²) >= 11 is 6.30. The molecule has 3 aromatic heterocycles. The zero-order valence-electron chi connectivity index (χ0n) is 15.5. The van der Waals surface area contributed by atoms with Crippen LogP contribution in [0.5, 0.6) is 0 Å². The van der Waals surface area contributed by atoms with Crippen LogP contribution >= 0.6 is 11.6 Å². The predicted octanol–water partition coefficient (Wildman–Crippen LogP) is 3.19. The lowest BCUT2D eigenvalue weighted by Crippen LogP contribution is -2.25. The van der Waals surface area contributed by atoms with E-state index in [-0.39, 0.29) is 17.4 Å². The van der Waals surface area contributed by atoms with Crippen molar-refractivity contribution >= 4 is 29.0 Å². The molecule has 0 saturated heterocycles. The van der Waals surface area contributed by atoms with Crippen LogP contribution in [-0.4, -0.2) is 35.5 Å². The standard InChI is InChI=1S/C19H15ClFN7O/c1-9-17-11(18-12(20)4-3-5-13(18)21)8-16(29)22-19(17)28(25-9)15-7-6-14-24-23-10(2)27(14)26-15/h3-7,11H,8H2,1-2H3,(H,22,29). The summed E-state index contributed by atoms with van der Waals surface area (Å²) < 4.78 is 17.8. The molecule has 0 aliphatic carbocycles. The monoisotopic (exact) mass is 411 g/mol. The van der Waals surface area contributed by atoms with Gasteiger partial charge in [-0.15, -0.1) is 15.3 Å². The van der Waals surface area contributed by atoms with E-state index in [0.717, 1.165) is 5.56 Å². The van der Waals surface area contributed by atoms with E-state index in [2.05, 4.69) is 25.7 Å². The Hall–Kier alpha value is -3.33. The largest absolute Gasteiger partial charge is 0.310 e. The molecule has 0 radical (unpaired) electrons. The molecule has 5 rings (SSSR count). The van der Waals surface area contributed by atoms with Gasteiger partial charge in [-0.2, -0.15) is 14.3 Å². The number of nitrogens with zero attached hydrogens (tertiary/aromatic N) is 6. The van der Waals surface area contributed by atoms with Crippen molar-refractivity contribution in [1.29, 1.82) is 0 Å². The van der Waals surface area contributed by atoms with Gasteiger partial charge in [0, 0.05) is 28.5 Å². The van der Waals surface area contributed by atoms with Gasteiger partial charge < -0.3 is 5.32 Å². The molecule has 29 heavy (non-hydrogen) atoms. The van der Waals surface area contributed by atoms with Gasteiger partial charge in [-0.3, -0.25) is 4.79 Å². The van der Waals surface area contributed by atoms with Crippen molar-refractivity contribution in [3.8, 4) is 5.82 Å². The van der Waals surface area contributed by atoms with Gasteiger partial charge in [-0.1, -0.05) is 17.7 Å². The predicted molar refractivity (Wildman–Crippen MR) is 104 cm³/mol. The quantitative estimate of drug-likeness (QED) is 0.547. The molecule has 1 amide bonds. The Kier molecular flexibility index (Phi) is 3.88. The second kappa shape index (κ2) is 6.35. The molecular formula is C19H15ClFN7O. The van der Waals surface area contributed by atoms with E-state index >= 15 is 0 Å². The third-order valence-electron chi connectivity index (χ3n) is 5.07. The lowest BCUT2D eigenvalue weighted by atomic mass is 9.85. The molecule has 1 N–H and O–H groups in total. The van der Waals surface area contributed by atoms with Crippen molar-refractivity contribution in [3.63, 3.8) is 0 Å². The average Bonchev–Trinajstić information content (AvgIpc) is 3.21.